The predicted octanol–water partition coefficient (Wildman–Crippen LogP) is 6.30. The fourth-order valence-corrected chi connectivity index (χ4v) is 6.21. The molecule has 8 nitrogen and oxygen atoms in total. The van der Waals surface area contributed by atoms with Crippen LogP contribution in [0, 0.1) is 11.6 Å². The second kappa shape index (κ2) is 10.8. The van der Waals surface area contributed by atoms with Gasteiger partial charge in [-0.05, 0) is 74.7 Å². The summed E-state index contributed by atoms with van der Waals surface area (Å²) < 4.78 is 49.1. The van der Waals surface area contributed by atoms with Gasteiger partial charge in [0.25, 0.3) is 6.29 Å². The van der Waals surface area contributed by atoms with Gasteiger partial charge in [0.05, 0.1) is 35.8 Å². The molecule has 1 aromatic heterocycles. The topological polar surface area (TPSA) is 86.0 Å². The molecule has 0 spiro atoms. The van der Waals surface area contributed by atoms with E-state index in [-0.39, 0.29) is 23.1 Å². The Kier molecular flexibility index (Phi) is 7.00. The average molecular weight is 596 g/mol. The fourth-order valence-electron chi connectivity index (χ4n) is 6.05. The molecule has 2 fully saturated rings. The van der Waals surface area contributed by atoms with Gasteiger partial charge in [-0.15, -0.1) is 0 Å². The number of piperidine rings is 1. The molecule has 0 radical (unpaired) electrons. The molecular weight excluding hydrogens is 568 g/mol. The van der Waals surface area contributed by atoms with E-state index in [1.54, 1.807) is 12.1 Å². The number of carbonyl (C=O) groups is 1. The molecule has 3 aliphatic heterocycles. The largest absolute Gasteiger partial charge is 0.478 e. The Hall–Kier alpha value is -3.73. The van der Waals surface area contributed by atoms with Crippen LogP contribution in [0.3, 0.4) is 0 Å². The van der Waals surface area contributed by atoms with E-state index in [0.29, 0.717) is 53.1 Å². The highest BCUT2D eigenvalue weighted by Crippen LogP contribution is 2.47. The van der Waals surface area contributed by atoms with Crippen LogP contribution in [-0.2, 0) is 17.8 Å². The van der Waals surface area contributed by atoms with Crippen LogP contribution in [0.25, 0.3) is 11.0 Å². The molecule has 218 valence electrons. The van der Waals surface area contributed by atoms with Crippen LogP contribution in [-0.4, -0.2) is 51.3 Å². The normalized spacial score (nSPS) is 20.6. The average Bonchev–Trinajstić information content (AvgIpc) is 3.52. The molecule has 0 bridgehead atoms. The maximum Gasteiger partial charge on any atom is 0.335 e. The van der Waals surface area contributed by atoms with Gasteiger partial charge in [0, 0.05) is 17.2 Å². The van der Waals surface area contributed by atoms with E-state index in [1.807, 2.05) is 22.8 Å². The van der Waals surface area contributed by atoms with Crippen LogP contribution in [0.1, 0.15) is 58.8 Å². The molecule has 11 heteroatoms. The Morgan fingerprint density at radius 1 is 1.02 bits per heavy atom. The summed E-state index contributed by atoms with van der Waals surface area (Å²) in [6, 6.07) is 12.7. The van der Waals surface area contributed by atoms with Gasteiger partial charge in [-0.3, -0.25) is 4.90 Å². The van der Waals surface area contributed by atoms with Gasteiger partial charge in [-0.1, -0.05) is 23.7 Å². The zero-order valence-corrected chi connectivity index (χ0v) is 23.3. The van der Waals surface area contributed by atoms with Crippen molar-refractivity contribution in [3.63, 3.8) is 0 Å². The number of aromatic carboxylic acids is 1. The smallest absolute Gasteiger partial charge is 0.335 e. The second-order valence-corrected chi connectivity index (χ2v) is 11.4. The van der Waals surface area contributed by atoms with Crippen molar-refractivity contribution in [3.05, 3.63) is 87.7 Å². The molecule has 4 aromatic rings. The fraction of sp³-hybridized carbons (Fsp3) is 0.355. The van der Waals surface area contributed by atoms with Crippen molar-refractivity contribution in [1.82, 2.24) is 14.5 Å². The number of rotatable bonds is 7. The highest BCUT2D eigenvalue weighted by atomic mass is 35.5. The summed E-state index contributed by atoms with van der Waals surface area (Å²) in [6.45, 7) is 3.23. The maximum absolute atomic E-state index is 14.9. The van der Waals surface area contributed by atoms with Crippen LogP contribution in [0.5, 0.6) is 11.5 Å². The number of hydrogen-bond donors (Lipinski definition) is 1. The Bertz CT molecular complexity index is 1680. The minimum Gasteiger partial charge on any atom is -0.478 e. The zero-order chi connectivity index (χ0) is 29.0. The van der Waals surface area contributed by atoms with Crippen LogP contribution < -0.4 is 9.47 Å². The molecule has 4 heterocycles. The number of aromatic nitrogens is 2. The lowest BCUT2D eigenvalue weighted by atomic mass is 9.88. The molecule has 0 aliphatic carbocycles. The summed E-state index contributed by atoms with van der Waals surface area (Å²) in [5, 5.41) is 9.78. The van der Waals surface area contributed by atoms with Crippen LogP contribution in [0.15, 0.2) is 48.5 Å². The number of fused-ring (bicyclic) bond motifs is 2. The van der Waals surface area contributed by atoms with Crippen LogP contribution in [0.4, 0.5) is 8.78 Å². The van der Waals surface area contributed by atoms with Crippen LogP contribution in [0.2, 0.25) is 5.02 Å². The Morgan fingerprint density at radius 3 is 2.55 bits per heavy atom. The van der Waals surface area contributed by atoms with Gasteiger partial charge < -0.3 is 23.9 Å². The van der Waals surface area contributed by atoms with Crippen LogP contribution >= 0.6 is 11.6 Å². The van der Waals surface area contributed by atoms with Gasteiger partial charge in [0.2, 0.25) is 0 Å². The molecule has 2 atom stereocenters. The summed E-state index contributed by atoms with van der Waals surface area (Å²) in [5.74, 6) is -0.180. The number of ether oxygens (including phenoxy) is 3. The van der Waals surface area contributed by atoms with E-state index in [2.05, 4.69) is 9.88 Å². The Labute approximate surface area is 245 Å². The zero-order valence-electron chi connectivity index (χ0n) is 22.6. The molecule has 0 unspecified atom stereocenters. The van der Waals surface area contributed by atoms with E-state index in [0.717, 1.165) is 44.0 Å². The third-order valence-electron chi connectivity index (χ3n) is 8.39. The van der Waals surface area contributed by atoms with Gasteiger partial charge >= 0.3 is 5.97 Å². The molecule has 2 saturated heterocycles. The highest BCUT2D eigenvalue weighted by molar-refractivity contribution is 6.30. The predicted molar refractivity (Wildman–Crippen MR) is 150 cm³/mol. The van der Waals surface area contributed by atoms with E-state index < -0.39 is 23.9 Å². The summed E-state index contributed by atoms with van der Waals surface area (Å²) in [7, 11) is 0. The van der Waals surface area contributed by atoms with Crippen molar-refractivity contribution < 1.29 is 32.9 Å². The number of carboxylic acids is 1. The van der Waals surface area contributed by atoms with E-state index >= 15 is 0 Å². The number of imidazole rings is 1. The number of benzene rings is 3. The highest BCUT2D eigenvalue weighted by Gasteiger charge is 2.34. The van der Waals surface area contributed by atoms with Crippen molar-refractivity contribution in [3.8, 4) is 11.5 Å². The van der Waals surface area contributed by atoms with Crippen molar-refractivity contribution >= 4 is 28.6 Å². The summed E-state index contributed by atoms with van der Waals surface area (Å²) in [4.78, 5) is 18.5. The summed E-state index contributed by atoms with van der Waals surface area (Å²) in [6.07, 6.45) is 1.71. The standard InChI is InChI=1S/C31H28ClF2N3O5/c32-19-4-5-22(23(33)14-19)31-41-26-3-1-2-21(29(26)42-31)17-6-9-36(10-7-17)16-27-35-28-24(34)12-18(30(38)39)13-25(28)37(27)15-20-8-11-40-20/h1-5,12-14,17,20,31H,6-11,15-16H2,(H,38,39)/t20-,31-/m0/s1. The monoisotopic (exact) mass is 595 g/mol. The van der Waals surface area contributed by atoms with Gasteiger partial charge in [-0.2, -0.15) is 0 Å². The van der Waals surface area contributed by atoms with E-state index in [1.165, 1.54) is 12.1 Å². The van der Waals surface area contributed by atoms with Gasteiger partial charge in [0.1, 0.15) is 17.2 Å². The van der Waals surface area contributed by atoms with Gasteiger partial charge in [-0.25, -0.2) is 18.6 Å². The van der Waals surface area contributed by atoms with E-state index in [4.69, 9.17) is 25.8 Å². The van der Waals surface area contributed by atoms with E-state index in [9.17, 15) is 18.7 Å². The SMILES string of the molecule is O=C(O)c1cc(F)c2nc(CN3CCC(c4cccc5c4O[C@@H](c4ccc(Cl)cc4F)O5)CC3)n(C[C@@H]3CCO3)c2c1. The Morgan fingerprint density at radius 2 is 1.83 bits per heavy atom. The number of nitrogens with zero attached hydrogens (tertiary/aromatic N) is 3. The Balaban J connectivity index is 1.08. The second-order valence-electron chi connectivity index (χ2n) is 11.0. The minimum atomic E-state index is -1.18. The molecule has 0 amide bonds. The van der Waals surface area contributed by atoms with Crippen molar-refractivity contribution in [1.29, 1.82) is 0 Å². The molecule has 7 rings (SSSR count). The lowest BCUT2D eigenvalue weighted by Crippen LogP contribution is -2.35. The van der Waals surface area contributed by atoms with Crippen molar-refractivity contribution in [2.24, 2.45) is 0 Å². The number of halogens is 3. The molecular formula is C31H28ClF2N3O5. The van der Waals surface area contributed by atoms with Crippen molar-refractivity contribution in [2.45, 2.75) is 50.7 Å². The molecule has 3 aromatic carbocycles. The quantitative estimate of drug-likeness (QED) is 0.268. The molecule has 42 heavy (non-hydrogen) atoms. The number of carboxylic acid groups (broad SMARTS) is 1. The first-order chi connectivity index (χ1) is 20.3. The first-order valence-corrected chi connectivity index (χ1v) is 14.4. The maximum atomic E-state index is 14.9. The third kappa shape index (κ3) is 4.97. The molecule has 3 aliphatic rings. The van der Waals surface area contributed by atoms with Crippen molar-refractivity contribution in [2.75, 3.05) is 19.7 Å². The summed E-state index contributed by atoms with van der Waals surface area (Å²) >= 11 is 5.91. The number of para-hydroxylation sites is 1. The number of hydrogen-bond acceptors (Lipinski definition) is 6. The first-order valence-electron chi connectivity index (χ1n) is 14.0. The molecule has 1 N–H and O–H groups in total. The number of likely N-dealkylation sites (tertiary alicyclic amines) is 1. The first kappa shape index (κ1) is 27.1. The molecule has 0 saturated carbocycles. The lowest BCUT2D eigenvalue weighted by Gasteiger charge is -2.33. The minimum absolute atomic E-state index is 0.00370. The third-order valence-corrected chi connectivity index (χ3v) is 8.63. The summed E-state index contributed by atoms with van der Waals surface area (Å²) in [5.41, 5.74) is 1.86. The van der Waals surface area contributed by atoms with Gasteiger partial charge in [0.15, 0.2) is 17.3 Å². The lowest BCUT2D eigenvalue weighted by molar-refractivity contribution is -0.0592.